The number of hydrogen-bond donors (Lipinski definition) is 0. The predicted molar refractivity (Wildman–Crippen MR) is 176 cm³/mol. The van der Waals surface area contributed by atoms with Crippen LogP contribution in [0.2, 0.25) is 0 Å². The largest absolute Gasteiger partial charge is 0.494 e. The van der Waals surface area contributed by atoms with Crippen molar-refractivity contribution < 1.29 is 19.1 Å². The highest BCUT2D eigenvalue weighted by molar-refractivity contribution is 7.11. The summed E-state index contributed by atoms with van der Waals surface area (Å²) in [4.78, 5) is 26.7. The number of ketones is 2. The molecule has 218 valence electrons. The Hall–Kier alpha value is -3.74. The van der Waals surface area contributed by atoms with E-state index < -0.39 is 0 Å². The Kier molecular flexibility index (Phi) is 13.3. The van der Waals surface area contributed by atoms with E-state index in [-0.39, 0.29) is 11.6 Å². The molecule has 0 unspecified atom stereocenters. The minimum Gasteiger partial charge on any atom is -0.494 e. The van der Waals surface area contributed by atoms with E-state index in [9.17, 15) is 9.59 Å². The summed E-state index contributed by atoms with van der Waals surface area (Å²) in [5, 5.41) is 3.99. The van der Waals surface area contributed by atoms with Crippen LogP contribution in [-0.2, 0) is 0 Å². The Morgan fingerprint density at radius 1 is 0.524 bits per heavy atom. The number of allylic oxidation sites excluding steroid dienone is 2. The number of ether oxygens (including phenoxy) is 2. The highest BCUT2D eigenvalue weighted by Gasteiger charge is 2.04. The molecule has 0 aliphatic heterocycles. The number of carbonyl (C=O) groups is 2. The lowest BCUT2D eigenvalue weighted by Gasteiger charge is -2.07. The molecule has 0 saturated heterocycles. The van der Waals surface area contributed by atoms with Crippen LogP contribution in [0.25, 0.3) is 12.2 Å². The second kappa shape index (κ2) is 17.9. The number of thiophene rings is 2. The van der Waals surface area contributed by atoms with Gasteiger partial charge in [-0.3, -0.25) is 9.59 Å². The molecule has 0 aliphatic rings. The summed E-state index contributed by atoms with van der Waals surface area (Å²) in [7, 11) is 0. The highest BCUT2D eigenvalue weighted by atomic mass is 32.1. The summed E-state index contributed by atoms with van der Waals surface area (Å²) in [6, 6.07) is 22.7. The van der Waals surface area contributed by atoms with Gasteiger partial charge in [-0.05, 0) is 109 Å². The first-order chi connectivity index (χ1) is 20.7. The van der Waals surface area contributed by atoms with Crippen molar-refractivity contribution in [2.24, 2.45) is 0 Å². The molecule has 0 saturated carbocycles. The molecule has 0 fully saturated rings. The third-order valence-electron chi connectivity index (χ3n) is 6.74. The number of unbranched alkanes of at least 4 members (excludes halogenated alkanes) is 7. The molecular weight excluding hydrogens is 561 g/mol. The monoisotopic (exact) mass is 598 g/mol. The van der Waals surface area contributed by atoms with Gasteiger partial charge >= 0.3 is 0 Å². The van der Waals surface area contributed by atoms with Crippen LogP contribution in [-0.4, -0.2) is 24.8 Å². The van der Waals surface area contributed by atoms with E-state index in [0.717, 1.165) is 46.9 Å². The summed E-state index contributed by atoms with van der Waals surface area (Å²) < 4.78 is 11.7. The van der Waals surface area contributed by atoms with Crippen LogP contribution in [0.5, 0.6) is 11.5 Å². The minimum atomic E-state index is 0.000469. The van der Waals surface area contributed by atoms with Gasteiger partial charge in [0.2, 0.25) is 0 Å². The topological polar surface area (TPSA) is 52.6 Å². The molecule has 0 amide bonds. The van der Waals surface area contributed by atoms with E-state index in [4.69, 9.17) is 9.47 Å². The quantitative estimate of drug-likeness (QED) is 0.0612. The third kappa shape index (κ3) is 11.3. The summed E-state index contributed by atoms with van der Waals surface area (Å²) in [5.74, 6) is 1.62. The van der Waals surface area contributed by atoms with Gasteiger partial charge < -0.3 is 9.47 Å². The molecule has 4 aromatic rings. The molecule has 42 heavy (non-hydrogen) atoms. The van der Waals surface area contributed by atoms with Crippen molar-refractivity contribution in [2.45, 2.75) is 51.4 Å². The molecule has 0 radical (unpaired) electrons. The Morgan fingerprint density at radius 2 is 0.905 bits per heavy atom. The molecule has 2 heterocycles. The maximum absolute atomic E-state index is 12.3. The molecule has 6 heteroatoms. The van der Waals surface area contributed by atoms with Crippen LogP contribution in [0.15, 0.2) is 95.7 Å². The van der Waals surface area contributed by atoms with Gasteiger partial charge in [0.15, 0.2) is 11.6 Å². The lowest BCUT2D eigenvalue weighted by atomic mass is 10.1. The molecule has 2 aromatic heterocycles. The van der Waals surface area contributed by atoms with Gasteiger partial charge in [-0.1, -0.05) is 50.7 Å². The Labute approximate surface area is 257 Å². The highest BCUT2D eigenvalue weighted by Crippen LogP contribution is 2.18. The fourth-order valence-corrected chi connectivity index (χ4v) is 5.59. The average molecular weight is 599 g/mol. The lowest BCUT2D eigenvalue weighted by Crippen LogP contribution is -1.99. The summed E-state index contributed by atoms with van der Waals surface area (Å²) >= 11 is 3.22. The van der Waals surface area contributed by atoms with Gasteiger partial charge in [0.25, 0.3) is 0 Å². The Balaban J connectivity index is 0.970. The van der Waals surface area contributed by atoms with E-state index in [1.807, 2.05) is 95.7 Å². The smallest absolute Gasteiger partial charge is 0.185 e. The summed E-state index contributed by atoms with van der Waals surface area (Å²) in [6.07, 6.45) is 16.3. The lowest BCUT2D eigenvalue weighted by molar-refractivity contribution is 0.103. The number of carbonyl (C=O) groups excluding carboxylic acids is 2. The second-order valence-electron chi connectivity index (χ2n) is 10.0. The first-order valence-electron chi connectivity index (χ1n) is 14.6. The maximum Gasteiger partial charge on any atom is 0.185 e. The molecule has 4 nitrogen and oxygen atoms in total. The second-order valence-corrected chi connectivity index (χ2v) is 12.0. The van der Waals surface area contributed by atoms with Crippen LogP contribution < -0.4 is 9.47 Å². The van der Waals surface area contributed by atoms with Gasteiger partial charge in [0.1, 0.15) is 11.5 Å². The summed E-state index contributed by atoms with van der Waals surface area (Å²) in [6.45, 7) is 1.40. The number of hydrogen-bond acceptors (Lipinski definition) is 6. The van der Waals surface area contributed by atoms with E-state index in [2.05, 4.69) is 0 Å². The van der Waals surface area contributed by atoms with Gasteiger partial charge in [-0.2, -0.15) is 0 Å². The van der Waals surface area contributed by atoms with Crippen LogP contribution in [0.3, 0.4) is 0 Å². The Bertz CT molecular complexity index is 1270. The molecule has 0 aliphatic carbocycles. The van der Waals surface area contributed by atoms with Crippen molar-refractivity contribution in [3.63, 3.8) is 0 Å². The van der Waals surface area contributed by atoms with E-state index in [1.54, 1.807) is 34.8 Å². The van der Waals surface area contributed by atoms with Crippen LogP contribution in [0.1, 0.15) is 81.8 Å². The maximum atomic E-state index is 12.3. The number of rotatable bonds is 19. The zero-order valence-electron chi connectivity index (χ0n) is 23.9. The van der Waals surface area contributed by atoms with Crippen molar-refractivity contribution in [2.75, 3.05) is 13.2 Å². The molecule has 2 aromatic carbocycles. The molecule has 0 N–H and O–H groups in total. The van der Waals surface area contributed by atoms with Gasteiger partial charge in [0.05, 0.1) is 13.2 Å². The first kappa shape index (κ1) is 31.2. The fourth-order valence-electron chi connectivity index (χ4n) is 4.36. The Morgan fingerprint density at radius 3 is 1.26 bits per heavy atom. The number of benzene rings is 2. The van der Waals surface area contributed by atoms with Crippen molar-refractivity contribution in [3.8, 4) is 11.5 Å². The van der Waals surface area contributed by atoms with Crippen molar-refractivity contribution in [3.05, 3.63) is 117 Å². The van der Waals surface area contributed by atoms with Crippen molar-refractivity contribution in [1.82, 2.24) is 0 Å². The van der Waals surface area contributed by atoms with Gasteiger partial charge in [-0.25, -0.2) is 0 Å². The zero-order chi connectivity index (χ0) is 29.2. The fraction of sp³-hybridized carbons (Fsp3) is 0.278. The van der Waals surface area contributed by atoms with E-state index >= 15 is 0 Å². The molecule has 4 rings (SSSR count). The van der Waals surface area contributed by atoms with Crippen LogP contribution in [0, 0.1) is 0 Å². The normalized spacial score (nSPS) is 11.3. The molecule has 0 bridgehead atoms. The standard InChI is InChI=1S/C36H38O4S2/c37-35(23-21-33-11-9-27-41-33)29-13-17-31(18-14-29)39-25-7-5-3-1-2-4-6-8-26-40-32-19-15-30(16-20-32)36(38)24-22-34-12-10-28-42-34/h9-24,27-28H,1-8,25-26H2/b23-21+,24-22+. The zero-order valence-corrected chi connectivity index (χ0v) is 25.5. The molecular formula is C36H38O4S2. The van der Waals surface area contributed by atoms with Crippen molar-refractivity contribution in [1.29, 1.82) is 0 Å². The average Bonchev–Trinajstić information content (AvgIpc) is 3.75. The van der Waals surface area contributed by atoms with Crippen molar-refractivity contribution >= 4 is 46.4 Å². The van der Waals surface area contributed by atoms with E-state index in [1.165, 1.54) is 25.7 Å². The van der Waals surface area contributed by atoms with Crippen LogP contribution in [0.4, 0.5) is 0 Å². The third-order valence-corrected chi connectivity index (χ3v) is 8.41. The summed E-state index contributed by atoms with van der Waals surface area (Å²) in [5.41, 5.74) is 1.34. The minimum absolute atomic E-state index is 0.000469. The van der Waals surface area contributed by atoms with Crippen LogP contribution >= 0.6 is 22.7 Å². The molecule has 0 spiro atoms. The van der Waals surface area contributed by atoms with E-state index in [0.29, 0.717) is 24.3 Å². The molecule has 0 atom stereocenters. The van der Waals surface area contributed by atoms with Gasteiger partial charge in [-0.15, -0.1) is 22.7 Å². The first-order valence-corrected chi connectivity index (χ1v) is 16.4. The predicted octanol–water partition coefficient (Wildman–Crippen LogP) is 10.2. The SMILES string of the molecule is O=C(/C=C/c1cccs1)c1ccc(OCCCCCCCCCCOc2ccc(C(=O)/C=C/c3cccs3)cc2)cc1. The van der Waals surface area contributed by atoms with Gasteiger partial charge in [0, 0.05) is 20.9 Å².